The quantitative estimate of drug-likeness (QED) is 0.791. The van der Waals surface area contributed by atoms with E-state index in [9.17, 15) is 18.4 Å². The minimum Gasteiger partial charge on any atom is -0.469 e. The molecule has 26 heavy (non-hydrogen) atoms. The maximum Gasteiger partial charge on any atom is 0.257 e. The molecule has 0 atom stereocenters. The predicted octanol–water partition coefficient (Wildman–Crippen LogP) is 2.86. The van der Waals surface area contributed by atoms with Crippen molar-refractivity contribution in [1.82, 2.24) is 9.80 Å². The standard InChI is InChI=1S/C19H18F2N2O3/c1-13-14(7-12-26-13)19(25)23-10-8-22(9-11-23)18(24)6-5-15-16(20)3-2-4-17(15)21/h2-7,12H,8-11H2,1H3. The molecule has 0 bridgehead atoms. The van der Waals surface area contributed by atoms with E-state index in [0.717, 1.165) is 24.3 Å². The molecule has 1 aliphatic heterocycles. The van der Waals surface area contributed by atoms with Gasteiger partial charge in [-0.25, -0.2) is 8.78 Å². The number of hydrogen-bond acceptors (Lipinski definition) is 3. The van der Waals surface area contributed by atoms with E-state index in [0.29, 0.717) is 37.5 Å². The van der Waals surface area contributed by atoms with E-state index in [1.807, 2.05) is 0 Å². The fraction of sp³-hybridized carbons (Fsp3) is 0.263. The van der Waals surface area contributed by atoms with Gasteiger partial charge in [-0.15, -0.1) is 0 Å². The van der Waals surface area contributed by atoms with Crippen LogP contribution >= 0.6 is 0 Å². The van der Waals surface area contributed by atoms with Crippen molar-refractivity contribution < 1.29 is 22.8 Å². The van der Waals surface area contributed by atoms with E-state index in [-0.39, 0.29) is 17.4 Å². The third-order valence-corrected chi connectivity index (χ3v) is 4.36. The molecule has 1 saturated heterocycles. The first-order valence-electron chi connectivity index (χ1n) is 8.21. The van der Waals surface area contributed by atoms with Crippen LogP contribution in [0.25, 0.3) is 6.08 Å². The average Bonchev–Trinajstić information content (AvgIpc) is 3.06. The lowest BCUT2D eigenvalue weighted by Gasteiger charge is -2.34. The van der Waals surface area contributed by atoms with Gasteiger partial charge in [0.25, 0.3) is 5.91 Å². The summed E-state index contributed by atoms with van der Waals surface area (Å²) in [7, 11) is 0. The highest BCUT2D eigenvalue weighted by molar-refractivity contribution is 5.95. The van der Waals surface area contributed by atoms with Crippen LogP contribution in [0.4, 0.5) is 8.78 Å². The number of carbonyl (C=O) groups is 2. The van der Waals surface area contributed by atoms with Crippen LogP contribution in [0.5, 0.6) is 0 Å². The number of carbonyl (C=O) groups excluding carboxylic acids is 2. The molecule has 0 N–H and O–H groups in total. The van der Waals surface area contributed by atoms with E-state index in [2.05, 4.69) is 0 Å². The summed E-state index contributed by atoms with van der Waals surface area (Å²) < 4.78 is 32.3. The average molecular weight is 360 g/mol. The fourth-order valence-corrected chi connectivity index (χ4v) is 2.84. The topological polar surface area (TPSA) is 53.8 Å². The maximum atomic E-state index is 13.6. The number of aryl methyl sites for hydroxylation is 1. The van der Waals surface area contributed by atoms with Gasteiger partial charge in [0.15, 0.2) is 0 Å². The van der Waals surface area contributed by atoms with E-state index in [4.69, 9.17) is 4.42 Å². The Kier molecular flexibility index (Phi) is 5.16. The van der Waals surface area contributed by atoms with Crippen molar-refractivity contribution in [2.24, 2.45) is 0 Å². The zero-order valence-corrected chi connectivity index (χ0v) is 14.2. The van der Waals surface area contributed by atoms with Gasteiger partial charge in [-0.3, -0.25) is 9.59 Å². The Hall–Kier alpha value is -2.96. The van der Waals surface area contributed by atoms with Crippen LogP contribution in [0, 0.1) is 18.6 Å². The van der Waals surface area contributed by atoms with Gasteiger partial charge in [0.1, 0.15) is 17.4 Å². The predicted molar refractivity (Wildman–Crippen MR) is 91.3 cm³/mol. The summed E-state index contributed by atoms with van der Waals surface area (Å²) in [5.41, 5.74) is 0.268. The zero-order chi connectivity index (χ0) is 18.7. The second-order valence-electron chi connectivity index (χ2n) is 5.98. The molecule has 2 heterocycles. The molecule has 0 radical (unpaired) electrons. The van der Waals surface area contributed by atoms with Gasteiger partial charge in [-0.1, -0.05) is 6.07 Å². The summed E-state index contributed by atoms with van der Waals surface area (Å²) >= 11 is 0. The van der Waals surface area contributed by atoms with Crippen LogP contribution in [0.2, 0.25) is 0 Å². The van der Waals surface area contributed by atoms with Crippen molar-refractivity contribution >= 4 is 17.9 Å². The minimum atomic E-state index is -0.722. The summed E-state index contributed by atoms with van der Waals surface area (Å²) in [5, 5.41) is 0. The third kappa shape index (κ3) is 3.66. The fourth-order valence-electron chi connectivity index (χ4n) is 2.84. The number of rotatable bonds is 3. The lowest BCUT2D eigenvalue weighted by Crippen LogP contribution is -2.50. The molecule has 2 amide bonds. The molecular weight excluding hydrogens is 342 g/mol. The smallest absolute Gasteiger partial charge is 0.257 e. The van der Waals surface area contributed by atoms with Crippen molar-refractivity contribution in [1.29, 1.82) is 0 Å². The number of nitrogens with zero attached hydrogens (tertiary/aromatic N) is 2. The molecule has 3 rings (SSSR count). The molecule has 7 heteroatoms. The van der Waals surface area contributed by atoms with Gasteiger partial charge in [-0.05, 0) is 31.2 Å². The van der Waals surface area contributed by atoms with E-state index in [1.165, 1.54) is 12.3 Å². The SMILES string of the molecule is Cc1occc1C(=O)N1CCN(C(=O)C=Cc2c(F)cccc2F)CC1. The Labute approximate surface area is 149 Å². The number of piperazine rings is 1. The number of halogens is 2. The summed E-state index contributed by atoms with van der Waals surface area (Å²) in [5.74, 6) is -1.37. The molecule has 0 spiro atoms. The lowest BCUT2D eigenvalue weighted by molar-refractivity contribution is -0.127. The van der Waals surface area contributed by atoms with Crippen molar-refractivity contribution in [3.05, 3.63) is 65.1 Å². The monoisotopic (exact) mass is 360 g/mol. The van der Waals surface area contributed by atoms with Gasteiger partial charge in [0.05, 0.1) is 11.8 Å². The second kappa shape index (κ2) is 7.51. The molecule has 136 valence electrons. The van der Waals surface area contributed by atoms with Crippen molar-refractivity contribution in [3.63, 3.8) is 0 Å². The van der Waals surface area contributed by atoms with E-state index in [1.54, 1.807) is 22.8 Å². The van der Waals surface area contributed by atoms with Crippen LogP contribution in [0.1, 0.15) is 21.7 Å². The molecule has 1 fully saturated rings. The Morgan fingerprint density at radius 2 is 1.65 bits per heavy atom. The van der Waals surface area contributed by atoms with Crippen LogP contribution in [0.15, 0.2) is 41.0 Å². The van der Waals surface area contributed by atoms with Crippen LogP contribution in [-0.2, 0) is 4.79 Å². The summed E-state index contributed by atoms with van der Waals surface area (Å²) in [6.45, 7) is 3.20. The molecular formula is C19H18F2N2O3. The molecule has 5 nitrogen and oxygen atoms in total. The molecule has 1 aromatic carbocycles. The highest BCUT2D eigenvalue weighted by atomic mass is 19.1. The highest BCUT2D eigenvalue weighted by Crippen LogP contribution is 2.16. The third-order valence-electron chi connectivity index (χ3n) is 4.36. The van der Waals surface area contributed by atoms with Crippen molar-refractivity contribution in [3.8, 4) is 0 Å². The van der Waals surface area contributed by atoms with Crippen LogP contribution in [-0.4, -0.2) is 47.8 Å². The molecule has 0 unspecified atom stereocenters. The maximum absolute atomic E-state index is 13.6. The van der Waals surface area contributed by atoms with Crippen molar-refractivity contribution in [2.75, 3.05) is 26.2 Å². The molecule has 1 aliphatic rings. The zero-order valence-electron chi connectivity index (χ0n) is 14.2. The number of amides is 2. The minimum absolute atomic E-state index is 0.132. The van der Waals surface area contributed by atoms with Crippen LogP contribution < -0.4 is 0 Å². The summed E-state index contributed by atoms with van der Waals surface area (Å²) in [6, 6.07) is 5.16. The molecule has 1 aromatic heterocycles. The van der Waals surface area contributed by atoms with Gasteiger partial charge in [0.2, 0.25) is 5.91 Å². The number of benzene rings is 1. The van der Waals surface area contributed by atoms with Gasteiger partial charge < -0.3 is 14.2 Å². The second-order valence-corrected chi connectivity index (χ2v) is 5.98. The first kappa shape index (κ1) is 17.8. The van der Waals surface area contributed by atoms with Crippen LogP contribution in [0.3, 0.4) is 0 Å². The van der Waals surface area contributed by atoms with Gasteiger partial charge >= 0.3 is 0 Å². The molecule has 0 aliphatic carbocycles. The highest BCUT2D eigenvalue weighted by Gasteiger charge is 2.25. The Morgan fingerprint density at radius 3 is 2.23 bits per heavy atom. The first-order valence-corrected chi connectivity index (χ1v) is 8.21. The molecule has 0 saturated carbocycles. The first-order chi connectivity index (χ1) is 12.5. The Bertz CT molecular complexity index is 832. The van der Waals surface area contributed by atoms with Gasteiger partial charge in [0, 0.05) is 37.8 Å². The number of furan rings is 1. The Morgan fingerprint density at radius 1 is 1.04 bits per heavy atom. The normalized spacial score (nSPS) is 14.9. The van der Waals surface area contributed by atoms with E-state index < -0.39 is 11.6 Å². The summed E-state index contributed by atoms with van der Waals surface area (Å²) in [4.78, 5) is 27.8. The van der Waals surface area contributed by atoms with Gasteiger partial charge in [-0.2, -0.15) is 0 Å². The lowest BCUT2D eigenvalue weighted by atomic mass is 10.1. The largest absolute Gasteiger partial charge is 0.469 e. The molecule has 2 aromatic rings. The summed E-state index contributed by atoms with van der Waals surface area (Å²) in [6.07, 6.45) is 3.76. The number of hydrogen-bond donors (Lipinski definition) is 0. The van der Waals surface area contributed by atoms with Crippen molar-refractivity contribution in [2.45, 2.75) is 6.92 Å². The Balaban J connectivity index is 1.59. The van der Waals surface area contributed by atoms with E-state index >= 15 is 0 Å².